The van der Waals surface area contributed by atoms with Crippen molar-refractivity contribution in [3.63, 3.8) is 0 Å². The first kappa shape index (κ1) is 14.7. The molecule has 6 nitrogen and oxygen atoms in total. The molecular weight excluding hydrogens is 325 g/mol. The van der Waals surface area contributed by atoms with Crippen molar-refractivity contribution in [3.8, 4) is 0 Å². The molecule has 0 aliphatic carbocycles. The zero-order valence-electron chi connectivity index (χ0n) is 11.5. The second-order valence-corrected chi connectivity index (χ2v) is 5.60. The molecule has 0 spiro atoms. The molecule has 0 bridgehead atoms. The van der Waals surface area contributed by atoms with E-state index >= 15 is 0 Å². The molecule has 2 heterocycles. The van der Waals surface area contributed by atoms with Crippen molar-refractivity contribution < 1.29 is 4.79 Å². The fourth-order valence-corrected chi connectivity index (χ4v) is 2.71. The number of nitrogens with zero attached hydrogens (tertiary/aromatic N) is 4. The Labute approximate surface area is 135 Å². The Morgan fingerprint density at radius 1 is 1.27 bits per heavy atom. The average Bonchev–Trinajstić information content (AvgIpc) is 2.86. The lowest BCUT2D eigenvalue weighted by molar-refractivity contribution is 0.0988. The normalized spacial score (nSPS) is 11.0. The van der Waals surface area contributed by atoms with Crippen LogP contribution in [-0.4, -0.2) is 25.7 Å². The van der Waals surface area contributed by atoms with E-state index in [0.29, 0.717) is 27.8 Å². The molecule has 112 valence electrons. The average molecular weight is 336 g/mol. The maximum Gasteiger partial charge on any atom is 0.288 e. The van der Waals surface area contributed by atoms with Gasteiger partial charge in [-0.05, 0) is 36.2 Å². The molecule has 2 aromatic heterocycles. The molecule has 1 aromatic carbocycles. The maximum atomic E-state index is 11.3. The van der Waals surface area contributed by atoms with Gasteiger partial charge in [0.1, 0.15) is 0 Å². The van der Waals surface area contributed by atoms with Crippen LogP contribution in [0.15, 0.2) is 24.3 Å². The summed E-state index contributed by atoms with van der Waals surface area (Å²) in [6.45, 7) is 1.82. The van der Waals surface area contributed by atoms with Gasteiger partial charge in [0.2, 0.25) is 5.82 Å². The Morgan fingerprint density at radius 2 is 1.95 bits per heavy atom. The zero-order chi connectivity index (χ0) is 15.9. The predicted octanol–water partition coefficient (Wildman–Crippen LogP) is 2.43. The highest BCUT2D eigenvalue weighted by molar-refractivity contribution is 6.36. The number of halogens is 2. The van der Waals surface area contributed by atoms with Gasteiger partial charge in [-0.2, -0.15) is 9.61 Å². The quantitative estimate of drug-likeness (QED) is 0.796. The van der Waals surface area contributed by atoms with Gasteiger partial charge in [-0.1, -0.05) is 29.3 Å². The van der Waals surface area contributed by atoms with Crippen LogP contribution in [0.2, 0.25) is 10.0 Å². The Balaban J connectivity index is 2.09. The van der Waals surface area contributed by atoms with E-state index in [1.807, 2.05) is 6.92 Å². The molecule has 3 aromatic rings. The van der Waals surface area contributed by atoms with Crippen LogP contribution in [0.1, 0.15) is 27.4 Å². The number of hydrogen-bond acceptors (Lipinski definition) is 4. The molecule has 0 radical (unpaired) electrons. The summed E-state index contributed by atoms with van der Waals surface area (Å²) in [6, 6.07) is 7.15. The van der Waals surface area contributed by atoms with Crippen LogP contribution in [0.25, 0.3) is 5.65 Å². The third kappa shape index (κ3) is 2.51. The Bertz CT molecular complexity index is 870. The molecular formula is C14H11Cl2N5O. The number of hydrogen-bond donors (Lipinski definition) is 1. The molecule has 0 saturated heterocycles. The number of nitrogens with two attached hydrogens (primary N) is 1. The number of aromatic nitrogens is 4. The largest absolute Gasteiger partial charge is 0.363 e. The van der Waals surface area contributed by atoms with E-state index in [2.05, 4.69) is 15.3 Å². The first-order chi connectivity index (χ1) is 10.5. The summed E-state index contributed by atoms with van der Waals surface area (Å²) in [5.41, 5.74) is 8.10. The van der Waals surface area contributed by atoms with E-state index in [1.165, 1.54) is 4.52 Å². The molecule has 0 aliphatic heterocycles. The van der Waals surface area contributed by atoms with Crippen LogP contribution in [0.5, 0.6) is 0 Å². The summed E-state index contributed by atoms with van der Waals surface area (Å²) in [5, 5.41) is 13.1. The fraction of sp³-hybridized carbons (Fsp3) is 0.143. The number of carbonyl (C=O) groups is 1. The summed E-state index contributed by atoms with van der Waals surface area (Å²) in [6.07, 6.45) is 0.507. The lowest BCUT2D eigenvalue weighted by atomic mass is 10.0. The summed E-state index contributed by atoms with van der Waals surface area (Å²) in [4.78, 5) is 11.3. The highest BCUT2D eigenvalue weighted by Gasteiger charge is 2.15. The van der Waals surface area contributed by atoms with Crippen LogP contribution < -0.4 is 5.73 Å². The van der Waals surface area contributed by atoms with E-state index < -0.39 is 5.91 Å². The standard InChI is InChI=1S/C14H11Cl2N5O/c1-7-8(5-9-10(15)3-2-4-11(9)16)6-12-18-19-14(13(17)22)21(12)20-7/h2-4,6H,5H2,1H3,(H2,17,22). The van der Waals surface area contributed by atoms with Gasteiger partial charge in [0, 0.05) is 16.5 Å². The minimum atomic E-state index is -0.679. The van der Waals surface area contributed by atoms with Gasteiger partial charge in [0.05, 0.1) is 5.69 Å². The van der Waals surface area contributed by atoms with E-state index in [1.54, 1.807) is 24.3 Å². The van der Waals surface area contributed by atoms with Crippen molar-refractivity contribution in [2.24, 2.45) is 5.73 Å². The highest BCUT2D eigenvalue weighted by atomic mass is 35.5. The van der Waals surface area contributed by atoms with Gasteiger partial charge in [-0.15, -0.1) is 10.2 Å². The van der Waals surface area contributed by atoms with Crippen molar-refractivity contribution in [1.82, 2.24) is 19.8 Å². The summed E-state index contributed by atoms with van der Waals surface area (Å²) in [7, 11) is 0. The van der Waals surface area contributed by atoms with Crippen molar-refractivity contribution in [3.05, 3.63) is 57.0 Å². The van der Waals surface area contributed by atoms with E-state index in [0.717, 1.165) is 11.1 Å². The number of carbonyl (C=O) groups excluding carboxylic acids is 1. The second kappa shape index (κ2) is 5.55. The monoisotopic (exact) mass is 335 g/mol. The SMILES string of the molecule is Cc1nn2c(C(N)=O)nnc2cc1Cc1c(Cl)cccc1Cl. The summed E-state index contributed by atoms with van der Waals surface area (Å²) < 4.78 is 1.33. The third-order valence-electron chi connectivity index (χ3n) is 3.33. The first-order valence-corrected chi connectivity index (χ1v) is 7.17. The van der Waals surface area contributed by atoms with E-state index in [-0.39, 0.29) is 5.82 Å². The Morgan fingerprint density at radius 3 is 2.59 bits per heavy atom. The van der Waals surface area contributed by atoms with Gasteiger partial charge >= 0.3 is 0 Å². The van der Waals surface area contributed by atoms with Crippen molar-refractivity contribution in [1.29, 1.82) is 0 Å². The van der Waals surface area contributed by atoms with Crippen LogP contribution in [0.3, 0.4) is 0 Å². The minimum absolute atomic E-state index is 0.000394. The summed E-state index contributed by atoms with van der Waals surface area (Å²) >= 11 is 12.4. The molecule has 22 heavy (non-hydrogen) atoms. The molecule has 8 heteroatoms. The smallest absolute Gasteiger partial charge is 0.288 e. The lowest BCUT2D eigenvalue weighted by Gasteiger charge is -2.09. The van der Waals surface area contributed by atoms with Gasteiger partial charge in [-0.3, -0.25) is 4.79 Å². The number of fused-ring (bicyclic) bond motifs is 1. The zero-order valence-corrected chi connectivity index (χ0v) is 13.1. The number of rotatable bonds is 3. The number of primary amides is 1. The van der Waals surface area contributed by atoms with Crippen molar-refractivity contribution in [2.45, 2.75) is 13.3 Å². The lowest BCUT2D eigenvalue weighted by Crippen LogP contribution is -2.17. The third-order valence-corrected chi connectivity index (χ3v) is 4.04. The topological polar surface area (TPSA) is 86.2 Å². The van der Waals surface area contributed by atoms with Crippen LogP contribution in [0, 0.1) is 6.92 Å². The van der Waals surface area contributed by atoms with Gasteiger partial charge in [0.15, 0.2) is 5.65 Å². The minimum Gasteiger partial charge on any atom is -0.363 e. The molecule has 1 amide bonds. The van der Waals surface area contributed by atoms with E-state index in [9.17, 15) is 4.79 Å². The van der Waals surface area contributed by atoms with Gasteiger partial charge < -0.3 is 5.73 Å². The van der Waals surface area contributed by atoms with Crippen molar-refractivity contribution >= 4 is 34.8 Å². The maximum absolute atomic E-state index is 11.3. The van der Waals surface area contributed by atoms with Crippen LogP contribution in [0.4, 0.5) is 0 Å². The Hall–Kier alpha value is -2.18. The molecule has 0 saturated carbocycles. The number of benzene rings is 1. The van der Waals surface area contributed by atoms with Crippen LogP contribution in [-0.2, 0) is 6.42 Å². The second-order valence-electron chi connectivity index (χ2n) is 4.79. The molecule has 0 aliphatic rings. The molecule has 2 N–H and O–H groups in total. The molecule has 0 atom stereocenters. The molecule has 0 unspecified atom stereocenters. The molecule has 0 fully saturated rings. The fourth-order valence-electron chi connectivity index (χ4n) is 2.18. The van der Waals surface area contributed by atoms with Gasteiger partial charge in [-0.25, -0.2) is 0 Å². The first-order valence-electron chi connectivity index (χ1n) is 6.42. The van der Waals surface area contributed by atoms with Crippen LogP contribution >= 0.6 is 23.2 Å². The Kier molecular flexibility index (Phi) is 3.72. The number of aryl methyl sites for hydroxylation is 1. The molecule has 3 rings (SSSR count). The van der Waals surface area contributed by atoms with E-state index in [4.69, 9.17) is 28.9 Å². The van der Waals surface area contributed by atoms with Crippen molar-refractivity contribution in [2.75, 3.05) is 0 Å². The van der Waals surface area contributed by atoms with Gasteiger partial charge in [0.25, 0.3) is 5.91 Å². The number of amides is 1. The summed E-state index contributed by atoms with van der Waals surface area (Å²) in [5.74, 6) is -0.679. The predicted molar refractivity (Wildman–Crippen MR) is 83.3 cm³/mol. The highest BCUT2D eigenvalue weighted by Crippen LogP contribution is 2.27.